The first kappa shape index (κ1) is 24.0. The van der Waals surface area contributed by atoms with Crippen molar-refractivity contribution in [2.24, 2.45) is 0 Å². The second-order valence-electron chi connectivity index (χ2n) is 7.44. The zero-order valence-electron chi connectivity index (χ0n) is 15.9. The van der Waals surface area contributed by atoms with E-state index in [2.05, 4.69) is 68.4 Å². The van der Waals surface area contributed by atoms with Crippen molar-refractivity contribution < 1.29 is 30.5 Å². The van der Waals surface area contributed by atoms with Gasteiger partial charge in [0.25, 0.3) is 0 Å². The van der Waals surface area contributed by atoms with Crippen LogP contribution in [0.5, 0.6) is 0 Å². The van der Waals surface area contributed by atoms with Crippen LogP contribution in [0.15, 0.2) is 48.5 Å². The van der Waals surface area contributed by atoms with Crippen LogP contribution < -0.4 is 5.32 Å². The molecule has 0 aliphatic heterocycles. The molecule has 2 aromatic carbocycles. The number of halogens is 6. The van der Waals surface area contributed by atoms with Crippen molar-refractivity contribution in [1.82, 2.24) is 0 Å². The van der Waals surface area contributed by atoms with Crippen molar-refractivity contribution in [3.8, 4) is 12.3 Å². The first-order valence-electron chi connectivity index (χ1n) is 8.47. The van der Waals surface area contributed by atoms with Crippen molar-refractivity contribution >= 4 is 7.81 Å². The van der Waals surface area contributed by atoms with Crippen molar-refractivity contribution in [3.63, 3.8) is 0 Å². The summed E-state index contributed by atoms with van der Waals surface area (Å²) in [5, 5.41) is 2.32. The van der Waals surface area contributed by atoms with Gasteiger partial charge in [-0.25, -0.2) is 0 Å². The molecule has 0 radical (unpaired) electrons. The molecule has 1 nitrogen and oxygen atoms in total. The molecular formula is C20H24F6NP. The number of benzene rings is 2. The van der Waals surface area contributed by atoms with Crippen LogP contribution in [-0.4, -0.2) is 0 Å². The summed E-state index contributed by atoms with van der Waals surface area (Å²) in [4.78, 5) is 0. The molecule has 0 saturated heterocycles. The molecule has 0 aromatic heterocycles. The summed E-state index contributed by atoms with van der Waals surface area (Å²) in [6, 6.07) is 17.2. The van der Waals surface area contributed by atoms with Crippen LogP contribution in [0.3, 0.4) is 0 Å². The van der Waals surface area contributed by atoms with Gasteiger partial charge in [0.05, 0.1) is 0 Å². The monoisotopic (exact) mass is 423 g/mol. The first-order chi connectivity index (χ1) is 12.4. The van der Waals surface area contributed by atoms with E-state index in [9.17, 15) is 25.2 Å². The van der Waals surface area contributed by atoms with Gasteiger partial charge < -0.3 is 5.32 Å². The molecule has 0 aliphatic rings. The third-order valence-electron chi connectivity index (χ3n) is 3.70. The second kappa shape index (κ2) is 7.77. The Balaban J connectivity index is 0.000000480. The number of hydrogen-bond donors (Lipinski definition) is 1. The zero-order chi connectivity index (χ0) is 21.7. The van der Waals surface area contributed by atoms with Gasteiger partial charge in [0, 0.05) is 16.7 Å². The summed E-state index contributed by atoms with van der Waals surface area (Å²) in [6.07, 6.45) is 5.36. The molecule has 8 heteroatoms. The van der Waals surface area contributed by atoms with Crippen LogP contribution in [-0.2, 0) is 18.5 Å². The average molecular weight is 423 g/mol. The van der Waals surface area contributed by atoms with Crippen LogP contribution in [0.4, 0.5) is 25.2 Å². The molecule has 0 bridgehead atoms. The van der Waals surface area contributed by atoms with Gasteiger partial charge in [0.2, 0.25) is 0 Å². The van der Waals surface area contributed by atoms with Crippen LogP contribution >= 0.6 is 7.81 Å². The van der Waals surface area contributed by atoms with Gasteiger partial charge in [0.1, 0.15) is 13.1 Å². The molecule has 0 unspecified atom stereocenters. The average Bonchev–Trinajstić information content (AvgIpc) is 2.52. The van der Waals surface area contributed by atoms with Crippen molar-refractivity contribution in [1.29, 1.82) is 0 Å². The van der Waals surface area contributed by atoms with E-state index in [0.29, 0.717) is 0 Å². The summed E-state index contributed by atoms with van der Waals surface area (Å²) >= 11 is 0. The molecule has 156 valence electrons. The minimum absolute atomic E-state index is 0.223. The number of quaternary nitrogens is 1. The topological polar surface area (TPSA) is 16.6 Å². The number of terminal acetylenes is 1. The molecule has 2 aromatic rings. The zero-order valence-corrected chi connectivity index (χ0v) is 16.8. The summed E-state index contributed by atoms with van der Waals surface area (Å²) in [7, 11) is -10.7. The Morgan fingerprint density at radius 3 is 1.46 bits per heavy atom. The van der Waals surface area contributed by atoms with Gasteiger partial charge in [-0.15, -0.1) is 6.42 Å². The predicted molar refractivity (Wildman–Crippen MR) is 102 cm³/mol. The van der Waals surface area contributed by atoms with E-state index in [0.717, 1.165) is 18.7 Å². The molecule has 0 aliphatic carbocycles. The molecule has 0 fully saturated rings. The molecule has 2 N–H and O–H groups in total. The van der Waals surface area contributed by atoms with E-state index in [4.69, 9.17) is 6.42 Å². The van der Waals surface area contributed by atoms with Crippen molar-refractivity contribution in [2.75, 3.05) is 0 Å². The molecular weight excluding hydrogens is 399 g/mol. The maximum absolute atomic E-state index is 10.7. The Kier molecular flexibility index (Phi) is 6.66. The minimum atomic E-state index is -10.7. The molecule has 0 spiro atoms. The number of hydrogen-bond acceptors (Lipinski definition) is 0. The second-order valence-corrected chi connectivity index (χ2v) is 9.36. The third kappa shape index (κ3) is 12.4. The fraction of sp³-hybridized carbons (Fsp3) is 0.300. The molecule has 2 rings (SSSR count). The standard InChI is InChI=1S/C20H23N.F6P/c1-5-16-6-8-17(9-7-16)14-21-15-18-10-12-19(13-11-18)20(2,3)4;1-7(2,3,4,5)6/h1,6-13,21H,14-15H2,2-4H3;/q;-1/p+1. The molecule has 0 saturated carbocycles. The number of nitrogens with two attached hydrogens (primary N) is 1. The fourth-order valence-electron chi connectivity index (χ4n) is 2.28. The van der Waals surface area contributed by atoms with Gasteiger partial charge in [0.15, 0.2) is 0 Å². The van der Waals surface area contributed by atoms with Crippen LogP contribution in [0, 0.1) is 12.3 Å². The van der Waals surface area contributed by atoms with Crippen molar-refractivity contribution in [3.05, 3.63) is 70.8 Å². The Hall–Kier alpha value is -2.03. The van der Waals surface area contributed by atoms with Crippen molar-refractivity contribution in [2.45, 2.75) is 39.3 Å². The first-order valence-corrected chi connectivity index (χ1v) is 10.5. The summed E-state index contributed by atoms with van der Waals surface area (Å²) < 4.78 is 59.2. The van der Waals surface area contributed by atoms with E-state index in [1.807, 2.05) is 12.1 Å². The van der Waals surface area contributed by atoms with E-state index < -0.39 is 7.81 Å². The van der Waals surface area contributed by atoms with E-state index >= 15 is 0 Å². The van der Waals surface area contributed by atoms with Crippen LogP contribution in [0.2, 0.25) is 0 Å². The molecule has 0 amide bonds. The van der Waals surface area contributed by atoms with Crippen LogP contribution in [0.25, 0.3) is 0 Å². The molecule has 28 heavy (non-hydrogen) atoms. The maximum atomic E-state index is 9.87. The molecule has 0 heterocycles. The van der Waals surface area contributed by atoms with E-state index in [1.165, 1.54) is 16.7 Å². The SMILES string of the molecule is C#Cc1ccc(C[NH2+]Cc2ccc(C(C)(C)C)cc2)cc1.F[P-](F)(F)(F)(F)F. The molecule has 0 atom stereocenters. The van der Waals surface area contributed by atoms with Gasteiger partial charge >= 0.3 is 33.0 Å². The Morgan fingerprint density at radius 1 is 0.786 bits per heavy atom. The summed E-state index contributed by atoms with van der Waals surface area (Å²) in [6.45, 7) is 8.71. The van der Waals surface area contributed by atoms with E-state index in [-0.39, 0.29) is 5.41 Å². The predicted octanol–water partition coefficient (Wildman–Crippen LogP) is 6.61. The Bertz CT molecular complexity index is 800. The van der Waals surface area contributed by atoms with Gasteiger partial charge in [-0.05, 0) is 23.1 Å². The summed E-state index contributed by atoms with van der Waals surface area (Å²) in [5.41, 5.74) is 5.22. The fourth-order valence-corrected chi connectivity index (χ4v) is 2.28. The van der Waals surface area contributed by atoms with Gasteiger partial charge in [-0.2, -0.15) is 0 Å². The Labute approximate surface area is 161 Å². The summed E-state index contributed by atoms with van der Waals surface area (Å²) in [5.74, 6) is 2.64. The van der Waals surface area contributed by atoms with Gasteiger partial charge in [-0.1, -0.05) is 63.1 Å². The van der Waals surface area contributed by atoms with Gasteiger partial charge in [-0.3, -0.25) is 0 Å². The number of rotatable bonds is 4. The third-order valence-corrected chi connectivity index (χ3v) is 3.70. The van der Waals surface area contributed by atoms with E-state index in [1.54, 1.807) is 0 Å². The normalized spacial score (nSPS) is 14.1. The Morgan fingerprint density at radius 2 is 1.14 bits per heavy atom. The quantitative estimate of drug-likeness (QED) is 0.324. The van der Waals surface area contributed by atoms with Crippen LogP contribution in [0.1, 0.15) is 43.0 Å².